The van der Waals surface area contributed by atoms with Gasteiger partial charge in [-0.2, -0.15) is 0 Å². The Bertz CT molecular complexity index is 2440. The number of anilines is 1. The first-order valence-corrected chi connectivity index (χ1v) is 22.0. The van der Waals surface area contributed by atoms with E-state index in [-0.39, 0.29) is 19.4 Å². The molecule has 0 unspecified atom stereocenters. The van der Waals surface area contributed by atoms with E-state index in [2.05, 4.69) is 42.2 Å². The van der Waals surface area contributed by atoms with Gasteiger partial charge in [0.2, 0.25) is 17.7 Å². The van der Waals surface area contributed by atoms with Crippen LogP contribution in [0.15, 0.2) is 134 Å². The fourth-order valence-electron chi connectivity index (χ4n) is 7.98. The number of fused-ring (bicyclic) bond motifs is 1. The lowest BCUT2D eigenvalue weighted by Crippen LogP contribution is -2.56. The molecule has 5 amide bonds. The molecule has 14 heteroatoms. The van der Waals surface area contributed by atoms with Crippen molar-refractivity contribution in [2.45, 2.75) is 56.9 Å². The number of hydrogen-bond acceptors (Lipinski definition) is 6. The Labute approximate surface area is 377 Å². The molecule has 63 heavy (non-hydrogen) atoms. The van der Waals surface area contributed by atoms with Gasteiger partial charge in [0.25, 0.3) is 0 Å². The van der Waals surface area contributed by atoms with Gasteiger partial charge in [-0.25, -0.2) is 4.79 Å². The lowest BCUT2D eigenvalue weighted by Gasteiger charge is -2.26. The Morgan fingerprint density at radius 3 is 1.94 bits per heavy atom. The number of aromatic nitrogens is 1. The van der Waals surface area contributed by atoms with Crippen LogP contribution in [-0.2, 0) is 33.9 Å². The summed E-state index contributed by atoms with van der Waals surface area (Å²) >= 11 is 13.1. The summed E-state index contributed by atoms with van der Waals surface area (Å²) in [5.41, 5.74) is 11.9. The molecule has 1 aliphatic heterocycles. The lowest BCUT2D eigenvalue weighted by atomic mass is 9.97. The van der Waals surface area contributed by atoms with Gasteiger partial charge in [-0.15, -0.1) is 0 Å². The molecule has 0 bridgehead atoms. The molecular weight excluding hydrogens is 835 g/mol. The number of urea groups is 1. The van der Waals surface area contributed by atoms with Crippen LogP contribution in [0.4, 0.5) is 10.5 Å². The summed E-state index contributed by atoms with van der Waals surface area (Å²) in [6, 6.07) is 36.6. The lowest BCUT2D eigenvalue weighted by molar-refractivity contribution is -0.132. The average molecular weight is 888 g/mol. The maximum Gasteiger partial charge on any atom is 0.319 e. The van der Waals surface area contributed by atoms with Gasteiger partial charge in [-0.3, -0.25) is 19.3 Å². The van der Waals surface area contributed by atoms with Crippen molar-refractivity contribution in [2.75, 3.05) is 31.5 Å². The Balaban J connectivity index is 1.000. The third kappa shape index (κ3) is 12.1. The van der Waals surface area contributed by atoms with Crippen molar-refractivity contribution in [1.82, 2.24) is 30.7 Å². The largest absolute Gasteiger partial charge is 0.343 e. The van der Waals surface area contributed by atoms with Crippen LogP contribution in [0.25, 0.3) is 10.9 Å². The molecule has 7 rings (SSSR count). The Hall–Kier alpha value is -6.18. The van der Waals surface area contributed by atoms with Crippen molar-refractivity contribution < 1.29 is 19.2 Å². The third-order valence-corrected chi connectivity index (χ3v) is 11.9. The minimum Gasteiger partial charge on any atom is -0.343 e. The number of likely N-dealkylation sites (tertiary alicyclic amines) is 1. The molecule has 0 radical (unpaired) electrons. The Morgan fingerprint density at radius 1 is 0.683 bits per heavy atom. The highest BCUT2D eigenvalue weighted by Crippen LogP contribution is 2.31. The number of rotatable bonds is 18. The second-order valence-electron chi connectivity index (χ2n) is 15.7. The van der Waals surface area contributed by atoms with Crippen LogP contribution in [0.2, 0.25) is 10.0 Å². The summed E-state index contributed by atoms with van der Waals surface area (Å²) in [7, 11) is 0. The molecule has 2 heterocycles. The summed E-state index contributed by atoms with van der Waals surface area (Å²) in [4.78, 5) is 56.9. The van der Waals surface area contributed by atoms with E-state index in [0.29, 0.717) is 22.3 Å². The van der Waals surface area contributed by atoms with E-state index in [1.807, 2.05) is 121 Å². The van der Waals surface area contributed by atoms with Gasteiger partial charge in [-0.1, -0.05) is 120 Å². The molecule has 6 aromatic rings. The Morgan fingerprint density at radius 2 is 1.30 bits per heavy atom. The van der Waals surface area contributed by atoms with E-state index in [1.54, 1.807) is 6.07 Å². The molecule has 326 valence electrons. The zero-order chi connectivity index (χ0) is 44.1. The predicted octanol–water partition coefficient (Wildman–Crippen LogP) is 7.18. The topological polar surface area (TPSA) is 163 Å². The van der Waals surface area contributed by atoms with E-state index < -0.39 is 48.4 Å². The normalized spacial score (nSPS) is 13.7. The first-order chi connectivity index (χ1) is 30.6. The fourth-order valence-corrected chi connectivity index (χ4v) is 8.50. The monoisotopic (exact) mass is 886 g/mol. The van der Waals surface area contributed by atoms with E-state index >= 15 is 0 Å². The van der Waals surface area contributed by atoms with Crippen LogP contribution >= 0.6 is 23.2 Å². The van der Waals surface area contributed by atoms with Crippen LogP contribution in [0, 0.1) is 0 Å². The zero-order valence-electron chi connectivity index (χ0n) is 34.9. The molecule has 1 aliphatic rings. The van der Waals surface area contributed by atoms with Crippen LogP contribution in [0.1, 0.15) is 53.1 Å². The average Bonchev–Trinajstić information content (AvgIpc) is 3.94. The van der Waals surface area contributed by atoms with Gasteiger partial charge in [-0.05, 0) is 91.5 Å². The second-order valence-corrected chi connectivity index (χ2v) is 16.5. The van der Waals surface area contributed by atoms with Gasteiger partial charge >= 0.3 is 6.03 Å². The summed E-state index contributed by atoms with van der Waals surface area (Å²) in [6.07, 6.45) is 4.73. The zero-order valence-corrected chi connectivity index (χ0v) is 36.4. The summed E-state index contributed by atoms with van der Waals surface area (Å²) in [6.45, 7) is 2.94. The number of hydrogen-bond donors (Lipinski definition) is 6. The third-order valence-electron chi connectivity index (χ3n) is 11.2. The fraction of sp³-hybridized carbons (Fsp3) is 0.265. The van der Waals surface area contributed by atoms with Gasteiger partial charge in [0.05, 0.1) is 19.1 Å². The SMILES string of the molecule is NCC[C@H](NC(=O)CNC(=O)Nc1ccc2c(c1)c(CN1CCCC1)cn2Cc1c(Cl)cccc1Cl)C(=O)N[C@@H](Cc1ccccc1)C(=O)NC(c1ccccc1)c1ccccc1. The molecule has 1 fully saturated rings. The van der Waals surface area contributed by atoms with Gasteiger partial charge in [0, 0.05) is 51.4 Å². The van der Waals surface area contributed by atoms with Crippen molar-refractivity contribution in [1.29, 1.82) is 0 Å². The van der Waals surface area contributed by atoms with Gasteiger partial charge in [0.1, 0.15) is 12.1 Å². The molecular formula is C49H52Cl2N8O4. The number of nitrogens with zero attached hydrogens (tertiary/aromatic N) is 2. The van der Waals surface area contributed by atoms with Crippen molar-refractivity contribution in [2.24, 2.45) is 5.73 Å². The van der Waals surface area contributed by atoms with Crippen LogP contribution in [0.5, 0.6) is 0 Å². The molecule has 0 saturated carbocycles. The quantitative estimate of drug-likeness (QED) is 0.0536. The van der Waals surface area contributed by atoms with E-state index in [1.165, 1.54) is 0 Å². The first kappa shape index (κ1) is 44.9. The standard InChI is InChI=1S/C49H52Cl2N8O4/c50-40-19-12-20-41(51)39(40)32-59-31-36(30-58-25-10-11-26-58)38-28-37(21-22-44(38)59)54-49(63)53-29-45(60)55-42(23-24-52)47(61)56-43(27-33-13-4-1-5-14-33)48(62)57-46(34-15-6-2-7-16-34)35-17-8-3-9-18-35/h1-9,12-22,28,31,42-43,46H,10-11,23-27,29-30,32,52H2,(H,55,60)(H,56,61)(H,57,62)(H2,53,54,63)/t42-,43-/m0/s1. The number of halogens is 2. The highest BCUT2D eigenvalue weighted by Gasteiger charge is 2.29. The number of benzene rings is 5. The number of nitrogens with two attached hydrogens (primary N) is 1. The van der Waals surface area contributed by atoms with Crippen molar-refractivity contribution >= 4 is 63.5 Å². The smallest absolute Gasteiger partial charge is 0.319 e. The molecule has 0 aliphatic carbocycles. The number of carbonyl (C=O) groups excluding carboxylic acids is 4. The number of nitrogens with one attached hydrogen (secondary N) is 5. The van der Waals surface area contributed by atoms with Crippen LogP contribution in [0.3, 0.4) is 0 Å². The maximum atomic E-state index is 14.1. The van der Waals surface area contributed by atoms with Gasteiger partial charge < -0.3 is 36.9 Å². The highest BCUT2D eigenvalue weighted by molar-refractivity contribution is 6.36. The van der Waals surface area contributed by atoms with Crippen molar-refractivity contribution in [3.05, 3.63) is 171 Å². The molecule has 5 aromatic carbocycles. The van der Waals surface area contributed by atoms with Gasteiger partial charge in [0.15, 0.2) is 0 Å². The molecule has 12 nitrogen and oxygen atoms in total. The predicted molar refractivity (Wildman–Crippen MR) is 250 cm³/mol. The van der Waals surface area contributed by atoms with E-state index in [9.17, 15) is 19.2 Å². The minimum atomic E-state index is -1.07. The molecule has 2 atom stereocenters. The first-order valence-electron chi connectivity index (χ1n) is 21.2. The minimum absolute atomic E-state index is 0.0846. The molecule has 1 aromatic heterocycles. The molecule has 0 spiro atoms. The van der Waals surface area contributed by atoms with E-state index in [4.69, 9.17) is 28.9 Å². The highest BCUT2D eigenvalue weighted by atomic mass is 35.5. The molecule has 7 N–H and O–H groups in total. The van der Waals surface area contributed by atoms with Crippen molar-refractivity contribution in [3.63, 3.8) is 0 Å². The van der Waals surface area contributed by atoms with Crippen LogP contribution in [-0.4, -0.2) is 71.5 Å². The summed E-state index contributed by atoms with van der Waals surface area (Å²) < 4.78 is 2.12. The van der Waals surface area contributed by atoms with Crippen molar-refractivity contribution in [3.8, 4) is 0 Å². The molecule has 1 saturated heterocycles. The number of carbonyl (C=O) groups is 4. The second kappa shape index (κ2) is 21.8. The van der Waals surface area contributed by atoms with E-state index in [0.717, 1.165) is 71.2 Å². The summed E-state index contributed by atoms with van der Waals surface area (Å²) in [5, 5.41) is 16.3. The summed E-state index contributed by atoms with van der Waals surface area (Å²) in [5.74, 6) is -1.58. The number of amides is 5. The van der Waals surface area contributed by atoms with Crippen LogP contribution < -0.4 is 32.3 Å². The maximum absolute atomic E-state index is 14.1. The Kier molecular flexibility index (Phi) is 15.5.